The Kier molecular flexibility index (Phi) is 2.86. The van der Waals surface area contributed by atoms with Crippen LogP contribution >= 0.6 is 11.3 Å². The van der Waals surface area contributed by atoms with Crippen molar-refractivity contribution in [1.29, 1.82) is 0 Å². The van der Waals surface area contributed by atoms with Crippen LogP contribution in [-0.4, -0.2) is 24.3 Å². The Balaban J connectivity index is 2.29. The van der Waals surface area contributed by atoms with Crippen LogP contribution in [0.4, 0.5) is 0 Å². The van der Waals surface area contributed by atoms with Gasteiger partial charge in [-0.1, -0.05) is 13.8 Å². The third-order valence-corrected chi connectivity index (χ3v) is 4.32. The van der Waals surface area contributed by atoms with E-state index >= 15 is 0 Å². The fraction of sp³-hybridized carbons (Fsp3) is 0.357. The van der Waals surface area contributed by atoms with Crippen molar-refractivity contribution in [3.8, 4) is 11.5 Å². The first kappa shape index (κ1) is 12.3. The lowest BCUT2D eigenvalue weighted by Crippen LogP contribution is -2.15. The van der Waals surface area contributed by atoms with Crippen molar-refractivity contribution in [2.45, 2.75) is 19.8 Å². The predicted octanol–water partition coefficient (Wildman–Crippen LogP) is 3.49. The first-order valence-corrected chi connectivity index (χ1v) is 6.99. The number of fused-ring (bicyclic) bond motifs is 2. The van der Waals surface area contributed by atoms with Crippen LogP contribution in [0.15, 0.2) is 12.1 Å². The number of carbonyl (C=O) groups is 1. The van der Waals surface area contributed by atoms with E-state index in [0.29, 0.717) is 29.6 Å². The molecular weight excluding hydrogens is 264 g/mol. The standard InChI is InChI=1S/C14H14O4S/c1-7(2)12-8-5-9-10(18-4-3-17-9)6-11(8)19-13(12)14(15)16/h5-7H,3-4H2,1-2H3,(H,15,16). The van der Waals surface area contributed by atoms with Gasteiger partial charge in [-0.3, -0.25) is 0 Å². The van der Waals surface area contributed by atoms with Crippen molar-refractivity contribution < 1.29 is 19.4 Å². The van der Waals surface area contributed by atoms with Crippen LogP contribution < -0.4 is 9.47 Å². The van der Waals surface area contributed by atoms with Gasteiger partial charge >= 0.3 is 5.97 Å². The molecule has 2 heterocycles. The number of aromatic carboxylic acids is 1. The maximum absolute atomic E-state index is 11.4. The smallest absolute Gasteiger partial charge is 0.346 e. The van der Waals surface area contributed by atoms with E-state index in [9.17, 15) is 9.90 Å². The van der Waals surface area contributed by atoms with E-state index in [2.05, 4.69) is 0 Å². The zero-order valence-corrected chi connectivity index (χ0v) is 11.5. The zero-order chi connectivity index (χ0) is 13.6. The molecule has 2 aromatic rings. The Hall–Kier alpha value is -1.75. The van der Waals surface area contributed by atoms with Gasteiger partial charge in [-0.05, 0) is 17.5 Å². The molecule has 5 heteroatoms. The van der Waals surface area contributed by atoms with Gasteiger partial charge in [-0.25, -0.2) is 4.79 Å². The minimum Gasteiger partial charge on any atom is -0.486 e. The quantitative estimate of drug-likeness (QED) is 0.913. The molecule has 1 N–H and O–H groups in total. The van der Waals surface area contributed by atoms with Gasteiger partial charge in [0.15, 0.2) is 11.5 Å². The van der Waals surface area contributed by atoms with Crippen LogP contribution in [0.3, 0.4) is 0 Å². The molecule has 19 heavy (non-hydrogen) atoms. The summed E-state index contributed by atoms with van der Waals surface area (Å²) < 4.78 is 12.0. The van der Waals surface area contributed by atoms with Crippen molar-refractivity contribution in [2.24, 2.45) is 0 Å². The van der Waals surface area contributed by atoms with E-state index in [4.69, 9.17) is 9.47 Å². The van der Waals surface area contributed by atoms with Crippen LogP contribution in [0.25, 0.3) is 10.1 Å². The number of ether oxygens (including phenoxy) is 2. The second kappa shape index (κ2) is 4.42. The number of hydrogen-bond donors (Lipinski definition) is 1. The third kappa shape index (κ3) is 1.94. The Labute approximate surface area is 114 Å². The molecule has 100 valence electrons. The number of carboxylic acids is 1. The average molecular weight is 278 g/mol. The van der Waals surface area contributed by atoms with Crippen molar-refractivity contribution >= 4 is 27.4 Å². The number of carboxylic acid groups (broad SMARTS) is 1. The summed E-state index contributed by atoms with van der Waals surface area (Å²) in [5.74, 6) is 0.690. The summed E-state index contributed by atoms with van der Waals surface area (Å²) in [4.78, 5) is 11.8. The molecule has 0 fully saturated rings. The van der Waals surface area contributed by atoms with Crippen molar-refractivity contribution in [2.75, 3.05) is 13.2 Å². The molecule has 0 saturated heterocycles. The highest BCUT2D eigenvalue weighted by atomic mass is 32.1. The maximum atomic E-state index is 11.4. The molecule has 1 aromatic heterocycles. The van der Waals surface area contributed by atoms with Gasteiger partial charge < -0.3 is 14.6 Å². The fourth-order valence-corrected chi connectivity index (χ4v) is 3.59. The molecular formula is C14H14O4S. The van der Waals surface area contributed by atoms with E-state index in [1.807, 2.05) is 26.0 Å². The Morgan fingerprint density at radius 2 is 1.89 bits per heavy atom. The van der Waals surface area contributed by atoms with Gasteiger partial charge in [0, 0.05) is 16.2 Å². The van der Waals surface area contributed by atoms with Crippen LogP contribution in [0.5, 0.6) is 11.5 Å². The SMILES string of the molecule is CC(C)c1c(C(=O)O)sc2cc3c(cc12)OCCO3. The molecule has 1 aliphatic heterocycles. The largest absolute Gasteiger partial charge is 0.486 e. The molecule has 0 atom stereocenters. The monoisotopic (exact) mass is 278 g/mol. The molecule has 1 aliphatic rings. The summed E-state index contributed by atoms with van der Waals surface area (Å²) in [7, 11) is 0. The molecule has 1 aromatic carbocycles. The molecule has 0 unspecified atom stereocenters. The van der Waals surface area contributed by atoms with Crippen molar-refractivity contribution in [1.82, 2.24) is 0 Å². The summed E-state index contributed by atoms with van der Waals surface area (Å²) in [5, 5.41) is 10.3. The summed E-state index contributed by atoms with van der Waals surface area (Å²) in [5.41, 5.74) is 0.879. The van der Waals surface area contributed by atoms with E-state index < -0.39 is 5.97 Å². The molecule has 0 aliphatic carbocycles. The van der Waals surface area contributed by atoms with E-state index in [1.165, 1.54) is 11.3 Å². The first-order valence-electron chi connectivity index (χ1n) is 6.17. The van der Waals surface area contributed by atoms with Crippen LogP contribution in [0.1, 0.15) is 35.0 Å². The molecule has 0 saturated carbocycles. The Morgan fingerprint density at radius 3 is 2.47 bits per heavy atom. The molecule has 4 nitrogen and oxygen atoms in total. The molecule has 0 spiro atoms. The first-order chi connectivity index (χ1) is 9.08. The Morgan fingerprint density at radius 1 is 1.26 bits per heavy atom. The normalized spacial score (nSPS) is 14.1. The highest BCUT2D eigenvalue weighted by Gasteiger charge is 2.23. The lowest BCUT2D eigenvalue weighted by atomic mass is 9.99. The van der Waals surface area contributed by atoms with Crippen LogP contribution in [0.2, 0.25) is 0 Å². The highest BCUT2D eigenvalue weighted by molar-refractivity contribution is 7.21. The molecule has 0 amide bonds. The summed E-state index contributed by atoms with van der Waals surface area (Å²) in [6.07, 6.45) is 0. The van der Waals surface area contributed by atoms with Gasteiger partial charge in [0.05, 0.1) is 0 Å². The summed E-state index contributed by atoms with van der Waals surface area (Å²) >= 11 is 1.30. The molecule has 0 radical (unpaired) electrons. The van der Waals surface area contributed by atoms with Gasteiger partial charge in [0.25, 0.3) is 0 Å². The third-order valence-electron chi connectivity index (χ3n) is 3.16. The predicted molar refractivity (Wildman–Crippen MR) is 73.9 cm³/mol. The van der Waals surface area contributed by atoms with E-state index in [-0.39, 0.29) is 5.92 Å². The Bertz CT molecular complexity index is 657. The van der Waals surface area contributed by atoms with Crippen LogP contribution in [0, 0.1) is 0 Å². The van der Waals surface area contributed by atoms with Crippen LogP contribution in [-0.2, 0) is 0 Å². The minimum absolute atomic E-state index is 0.155. The maximum Gasteiger partial charge on any atom is 0.346 e. The lowest BCUT2D eigenvalue weighted by Gasteiger charge is -2.18. The van der Waals surface area contributed by atoms with E-state index in [1.54, 1.807) is 0 Å². The second-order valence-corrected chi connectivity index (χ2v) is 5.85. The highest BCUT2D eigenvalue weighted by Crippen LogP contribution is 2.42. The molecule has 3 rings (SSSR count). The summed E-state index contributed by atoms with van der Waals surface area (Å²) in [6.45, 7) is 5.08. The molecule has 0 bridgehead atoms. The average Bonchev–Trinajstić information content (AvgIpc) is 2.74. The van der Waals surface area contributed by atoms with Crippen molar-refractivity contribution in [3.05, 3.63) is 22.6 Å². The van der Waals surface area contributed by atoms with E-state index in [0.717, 1.165) is 15.6 Å². The number of rotatable bonds is 2. The number of thiophene rings is 1. The topological polar surface area (TPSA) is 55.8 Å². The second-order valence-electron chi connectivity index (χ2n) is 4.80. The van der Waals surface area contributed by atoms with Gasteiger partial charge in [0.2, 0.25) is 0 Å². The number of benzene rings is 1. The lowest BCUT2D eigenvalue weighted by molar-refractivity contribution is 0.0701. The van der Waals surface area contributed by atoms with Gasteiger partial charge in [-0.2, -0.15) is 0 Å². The van der Waals surface area contributed by atoms with Gasteiger partial charge in [-0.15, -0.1) is 11.3 Å². The van der Waals surface area contributed by atoms with Gasteiger partial charge in [0.1, 0.15) is 18.1 Å². The fourth-order valence-electron chi connectivity index (χ4n) is 2.38. The zero-order valence-electron chi connectivity index (χ0n) is 10.7. The summed E-state index contributed by atoms with van der Waals surface area (Å²) in [6, 6.07) is 3.79. The number of hydrogen-bond acceptors (Lipinski definition) is 4. The minimum atomic E-state index is -0.871. The van der Waals surface area contributed by atoms with Crippen molar-refractivity contribution in [3.63, 3.8) is 0 Å².